The van der Waals surface area contributed by atoms with Crippen molar-refractivity contribution >= 4 is 23.2 Å². The molecule has 0 amide bonds. The van der Waals surface area contributed by atoms with Crippen LogP contribution in [-0.2, 0) is 0 Å². The molecule has 0 saturated carbocycles. The third-order valence-electron chi connectivity index (χ3n) is 3.62. The third kappa shape index (κ3) is 3.97. The molecule has 0 heterocycles. The average molecular weight is 326 g/mol. The molecule has 0 aliphatic heterocycles. The zero-order chi connectivity index (χ0) is 15.6. The van der Waals surface area contributed by atoms with Gasteiger partial charge >= 0.3 is 0 Å². The van der Waals surface area contributed by atoms with Gasteiger partial charge in [-0.2, -0.15) is 0 Å². The van der Waals surface area contributed by atoms with Gasteiger partial charge in [0.05, 0.1) is 0 Å². The second-order valence-corrected chi connectivity index (χ2v) is 6.13. The molecule has 0 aliphatic carbocycles. The van der Waals surface area contributed by atoms with Crippen molar-refractivity contribution in [3.8, 4) is 0 Å². The molecular formula is C17H18Cl2FN. The van der Waals surface area contributed by atoms with Crippen LogP contribution >= 0.6 is 23.2 Å². The number of benzene rings is 2. The summed E-state index contributed by atoms with van der Waals surface area (Å²) in [4.78, 5) is 0. The van der Waals surface area contributed by atoms with E-state index in [1.807, 2.05) is 26.0 Å². The van der Waals surface area contributed by atoms with Crippen LogP contribution in [0, 0.1) is 12.7 Å². The molecule has 4 heteroatoms. The van der Waals surface area contributed by atoms with Crippen LogP contribution in [-0.4, -0.2) is 0 Å². The Morgan fingerprint density at radius 2 is 1.71 bits per heavy atom. The molecule has 2 atom stereocenters. The maximum atomic E-state index is 13.7. The predicted octanol–water partition coefficient (Wildman–Crippen LogP) is 5.85. The molecule has 0 bridgehead atoms. The van der Waals surface area contributed by atoms with Crippen molar-refractivity contribution in [2.45, 2.75) is 32.9 Å². The number of halogens is 3. The fourth-order valence-electron chi connectivity index (χ4n) is 2.29. The quantitative estimate of drug-likeness (QED) is 0.743. The topological polar surface area (TPSA) is 12.0 Å². The van der Waals surface area contributed by atoms with Crippen molar-refractivity contribution in [2.24, 2.45) is 0 Å². The maximum Gasteiger partial charge on any atom is 0.126 e. The van der Waals surface area contributed by atoms with Crippen molar-refractivity contribution in [3.63, 3.8) is 0 Å². The lowest BCUT2D eigenvalue weighted by Gasteiger charge is -2.22. The highest BCUT2D eigenvalue weighted by Gasteiger charge is 2.15. The largest absolute Gasteiger partial charge is 0.304 e. The minimum absolute atomic E-state index is 0.00477. The molecule has 0 spiro atoms. The van der Waals surface area contributed by atoms with E-state index in [2.05, 4.69) is 5.32 Å². The molecule has 2 unspecified atom stereocenters. The van der Waals surface area contributed by atoms with Gasteiger partial charge in [0.1, 0.15) is 5.82 Å². The van der Waals surface area contributed by atoms with E-state index in [1.54, 1.807) is 31.2 Å². The van der Waals surface area contributed by atoms with Crippen molar-refractivity contribution in [2.75, 3.05) is 0 Å². The lowest BCUT2D eigenvalue weighted by atomic mass is 10.0. The standard InChI is InChI=1S/C17H18Cl2FN/c1-10-4-5-13(8-17(10)20)11(2)21-12(3)15-9-14(18)6-7-16(15)19/h4-9,11-12,21H,1-3H3. The van der Waals surface area contributed by atoms with E-state index in [0.717, 1.165) is 11.1 Å². The summed E-state index contributed by atoms with van der Waals surface area (Å²) in [5.41, 5.74) is 2.49. The molecular weight excluding hydrogens is 308 g/mol. The Bertz CT molecular complexity index is 643. The van der Waals surface area contributed by atoms with E-state index >= 15 is 0 Å². The molecule has 0 aromatic heterocycles. The Morgan fingerprint density at radius 1 is 1.00 bits per heavy atom. The van der Waals surface area contributed by atoms with Gasteiger partial charge in [0.15, 0.2) is 0 Å². The van der Waals surface area contributed by atoms with Gasteiger partial charge in [0.2, 0.25) is 0 Å². The minimum atomic E-state index is -0.186. The van der Waals surface area contributed by atoms with Crippen LogP contribution in [0.3, 0.4) is 0 Å². The van der Waals surface area contributed by atoms with Gasteiger partial charge in [-0.1, -0.05) is 35.3 Å². The Morgan fingerprint density at radius 3 is 2.38 bits per heavy atom. The highest BCUT2D eigenvalue weighted by atomic mass is 35.5. The Labute approximate surface area is 135 Å². The first-order valence-corrected chi connectivity index (χ1v) is 7.61. The van der Waals surface area contributed by atoms with E-state index in [0.29, 0.717) is 15.6 Å². The number of hydrogen-bond acceptors (Lipinski definition) is 1. The lowest BCUT2D eigenvalue weighted by Crippen LogP contribution is -2.23. The van der Waals surface area contributed by atoms with Gasteiger partial charge in [-0.05, 0) is 61.7 Å². The fraction of sp³-hybridized carbons (Fsp3) is 0.294. The van der Waals surface area contributed by atoms with Crippen LogP contribution in [0.1, 0.15) is 42.6 Å². The monoisotopic (exact) mass is 325 g/mol. The van der Waals surface area contributed by atoms with Gasteiger partial charge in [-0.3, -0.25) is 0 Å². The van der Waals surface area contributed by atoms with Crippen LogP contribution in [0.5, 0.6) is 0 Å². The lowest BCUT2D eigenvalue weighted by molar-refractivity contribution is 0.491. The van der Waals surface area contributed by atoms with Gasteiger partial charge in [0.25, 0.3) is 0 Å². The van der Waals surface area contributed by atoms with Crippen LogP contribution in [0.2, 0.25) is 10.0 Å². The number of nitrogens with one attached hydrogen (secondary N) is 1. The third-order valence-corrected chi connectivity index (χ3v) is 4.20. The summed E-state index contributed by atoms with van der Waals surface area (Å²) >= 11 is 12.2. The first-order chi connectivity index (χ1) is 9.88. The second-order valence-electron chi connectivity index (χ2n) is 5.28. The molecule has 0 radical (unpaired) electrons. The van der Waals surface area contributed by atoms with Gasteiger partial charge < -0.3 is 5.32 Å². The van der Waals surface area contributed by atoms with E-state index in [-0.39, 0.29) is 17.9 Å². The Hall–Kier alpha value is -1.09. The molecule has 0 saturated heterocycles. The van der Waals surface area contributed by atoms with Crippen LogP contribution in [0.15, 0.2) is 36.4 Å². The molecule has 0 fully saturated rings. The summed E-state index contributed by atoms with van der Waals surface area (Å²) in [6.07, 6.45) is 0. The summed E-state index contributed by atoms with van der Waals surface area (Å²) in [5, 5.41) is 4.74. The zero-order valence-corrected chi connectivity index (χ0v) is 13.8. The van der Waals surface area contributed by atoms with E-state index in [1.165, 1.54) is 0 Å². The zero-order valence-electron chi connectivity index (χ0n) is 12.3. The summed E-state index contributed by atoms with van der Waals surface area (Å²) in [6.45, 7) is 5.77. The fourth-order valence-corrected chi connectivity index (χ4v) is 2.75. The average Bonchev–Trinajstić information content (AvgIpc) is 2.44. The SMILES string of the molecule is Cc1ccc(C(C)NC(C)c2cc(Cl)ccc2Cl)cc1F. The number of aryl methyl sites for hydroxylation is 1. The highest BCUT2D eigenvalue weighted by Crippen LogP contribution is 2.28. The molecule has 2 rings (SSSR count). The van der Waals surface area contributed by atoms with Gasteiger partial charge in [-0.15, -0.1) is 0 Å². The molecule has 0 aliphatic rings. The second kappa shape index (κ2) is 6.78. The summed E-state index contributed by atoms with van der Waals surface area (Å²) < 4.78 is 13.7. The normalized spacial score (nSPS) is 14.0. The first-order valence-electron chi connectivity index (χ1n) is 6.85. The van der Waals surface area contributed by atoms with Crippen LogP contribution in [0.4, 0.5) is 4.39 Å². The van der Waals surface area contributed by atoms with Crippen LogP contribution < -0.4 is 5.32 Å². The summed E-state index contributed by atoms with van der Waals surface area (Å²) in [5.74, 6) is -0.186. The van der Waals surface area contributed by atoms with E-state index < -0.39 is 0 Å². The number of rotatable bonds is 4. The van der Waals surface area contributed by atoms with E-state index in [4.69, 9.17) is 23.2 Å². The maximum absolute atomic E-state index is 13.7. The van der Waals surface area contributed by atoms with Crippen molar-refractivity contribution in [1.29, 1.82) is 0 Å². The van der Waals surface area contributed by atoms with Crippen LogP contribution in [0.25, 0.3) is 0 Å². The molecule has 1 nitrogen and oxygen atoms in total. The van der Waals surface area contributed by atoms with Gasteiger partial charge in [0, 0.05) is 22.1 Å². The molecule has 1 N–H and O–H groups in total. The predicted molar refractivity (Wildman–Crippen MR) is 87.6 cm³/mol. The smallest absolute Gasteiger partial charge is 0.126 e. The Balaban J connectivity index is 2.16. The highest BCUT2D eigenvalue weighted by molar-refractivity contribution is 6.33. The molecule has 112 valence electrons. The van der Waals surface area contributed by atoms with Crippen molar-refractivity contribution in [1.82, 2.24) is 5.32 Å². The van der Waals surface area contributed by atoms with E-state index in [9.17, 15) is 4.39 Å². The molecule has 2 aromatic rings. The Kier molecular flexibility index (Phi) is 5.26. The van der Waals surface area contributed by atoms with Crippen molar-refractivity contribution in [3.05, 3.63) is 69.0 Å². The molecule has 2 aromatic carbocycles. The first kappa shape index (κ1) is 16.3. The molecule has 21 heavy (non-hydrogen) atoms. The number of hydrogen-bond donors (Lipinski definition) is 1. The van der Waals surface area contributed by atoms with Gasteiger partial charge in [-0.25, -0.2) is 4.39 Å². The van der Waals surface area contributed by atoms with Crippen molar-refractivity contribution < 1.29 is 4.39 Å². The minimum Gasteiger partial charge on any atom is -0.304 e. The summed E-state index contributed by atoms with van der Waals surface area (Å²) in [6, 6.07) is 10.7. The summed E-state index contributed by atoms with van der Waals surface area (Å²) in [7, 11) is 0.